The Hall–Kier alpha value is -3.94. The SMILES string of the molecule is COC(C)(C)C#Cc1nc(Cl)n(Cc2ccc(OC(F)F)cc2)c1C(=O)NCc1ccc(C(=O)O)cc1. The van der Waals surface area contributed by atoms with Crippen molar-refractivity contribution in [1.82, 2.24) is 14.9 Å². The molecule has 0 aliphatic carbocycles. The second kappa shape index (κ2) is 11.9. The number of hydrogen-bond acceptors (Lipinski definition) is 5. The van der Waals surface area contributed by atoms with Gasteiger partial charge in [0.15, 0.2) is 0 Å². The molecule has 3 aromatic rings. The molecule has 11 heteroatoms. The van der Waals surface area contributed by atoms with Crippen molar-refractivity contribution in [3.8, 4) is 17.6 Å². The standard InChI is InChI=1S/C26H24ClF2N3O5/c1-26(2,36-3)13-12-20-21(22(33)30-14-16-4-8-18(9-5-16)23(34)35)32(24(27)31-20)15-17-6-10-19(11-7-17)37-25(28)29/h4-11,25H,14-15H2,1-3H3,(H,30,33)(H,34,35). The van der Waals surface area contributed by atoms with E-state index in [1.54, 1.807) is 38.1 Å². The van der Waals surface area contributed by atoms with Gasteiger partial charge in [-0.05, 0) is 66.8 Å². The van der Waals surface area contributed by atoms with Crippen molar-refractivity contribution in [3.63, 3.8) is 0 Å². The number of rotatable bonds is 9. The summed E-state index contributed by atoms with van der Waals surface area (Å²) in [5.74, 6) is 4.20. The van der Waals surface area contributed by atoms with Crippen LogP contribution < -0.4 is 10.1 Å². The van der Waals surface area contributed by atoms with Gasteiger partial charge in [-0.25, -0.2) is 9.78 Å². The van der Waals surface area contributed by atoms with Gasteiger partial charge in [-0.3, -0.25) is 4.79 Å². The fourth-order valence-electron chi connectivity index (χ4n) is 3.14. The Morgan fingerprint density at radius 3 is 2.32 bits per heavy atom. The van der Waals surface area contributed by atoms with Crippen LogP contribution in [0.2, 0.25) is 5.28 Å². The minimum absolute atomic E-state index is 0.00314. The highest BCUT2D eigenvalue weighted by Crippen LogP contribution is 2.21. The Kier molecular flexibility index (Phi) is 8.86. The normalized spacial score (nSPS) is 11.1. The summed E-state index contributed by atoms with van der Waals surface area (Å²) in [4.78, 5) is 28.6. The van der Waals surface area contributed by atoms with E-state index in [9.17, 15) is 18.4 Å². The monoisotopic (exact) mass is 531 g/mol. The average molecular weight is 532 g/mol. The van der Waals surface area contributed by atoms with Crippen LogP contribution in [0.25, 0.3) is 0 Å². The van der Waals surface area contributed by atoms with Crippen molar-refractivity contribution in [1.29, 1.82) is 0 Å². The number of aromatic nitrogens is 2. The largest absolute Gasteiger partial charge is 0.478 e. The molecule has 194 valence electrons. The summed E-state index contributed by atoms with van der Waals surface area (Å²) in [6.45, 7) is 0.774. The number of carboxylic acid groups (broad SMARTS) is 1. The second-order valence-electron chi connectivity index (χ2n) is 8.34. The molecule has 1 aromatic heterocycles. The quantitative estimate of drug-likeness (QED) is 0.392. The van der Waals surface area contributed by atoms with E-state index in [0.29, 0.717) is 11.1 Å². The molecule has 0 saturated carbocycles. The number of hydrogen-bond donors (Lipinski definition) is 2. The van der Waals surface area contributed by atoms with Crippen LogP contribution in [0.5, 0.6) is 5.75 Å². The molecule has 37 heavy (non-hydrogen) atoms. The summed E-state index contributed by atoms with van der Waals surface area (Å²) in [5.41, 5.74) is 0.875. The van der Waals surface area contributed by atoms with Gasteiger partial charge in [-0.15, -0.1) is 0 Å². The highest BCUT2D eigenvalue weighted by Gasteiger charge is 2.23. The zero-order valence-corrected chi connectivity index (χ0v) is 21.0. The molecular formula is C26H24ClF2N3O5. The van der Waals surface area contributed by atoms with Crippen LogP contribution in [0.3, 0.4) is 0 Å². The molecule has 0 spiro atoms. The zero-order chi connectivity index (χ0) is 27.2. The molecule has 1 heterocycles. The number of aromatic carboxylic acids is 1. The maximum atomic E-state index is 13.3. The number of ether oxygens (including phenoxy) is 2. The zero-order valence-electron chi connectivity index (χ0n) is 20.2. The number of alkyl halides is 2. The lowest BCUT2D eigenvalue weighted by Crippen LogP contribution is -2.27. The van der Waals surface area contributed by atoms with Gasteiger partial charge < -0.3 is 24.5 Å². The molecular weight excluding hydrogens is 508 g/mol. The number of methoxy groups -OCH3 is 1. The van der Waals surface area contributed by atoms with Crippen molar-refractivity contribution in [3.05, 3.63) is 81.9 Å². The molecule has 0 aliphatic heterocycles. The second-order valence-corrected chi connectivity index (χ2v) is 8.67. The number of nitrogens with zero attached hydrogens (tertiary/aromatic N) is 2. The summed E-state index contributed by atoms with van der Waals surface area (Å²) < 4.78 is 36.0. The van der Waals surface area contributed by atoms with Gasteiger partial charge in [0.25, 0.3) is 5.91 Å². The van der Waals surface area contributed by atoms with Gasteiger partial charge >= 0.3 is 12.6 Å². The Morgan fingerprint density at radius 1 is 1.14 bits per heavy atom. The van der Waals surface area contributed by atoms with E-state index < -0.39 is 24.1 Å². The molecule has 0 bridgehead atoms. The van der Waals surface area contributed by atoms with E-state index in [0.717, 1.165) is 0 Å². The molecule has 3 rings (SSSR count). The fraction of sp³-hybridized carbons (Fsp3) is 0.269. The third-order valence-corrected chi connectivity index (χ3v) is 5.56. The smallest absolute Gasteiger partial charge is 0.387 e. The average Bonchev–Trinajstić information content (AvgIpc) is 3.17. The number of carbonyl (C=O) groups is 2. The molecule has 0 radical (unpaired) electrons. The van der Waals surface area contributed by atoms with Gasteiger partial charge in [0.2, 0.25) is 5.28 Å². The van der Waals surface area contributed by atoms with Crippen LogP contribution in [-0.2, 0) is 17.8 Å². The van der Waals surface area contributed by atoms with Crippen molar-refractivity contribution in [2.24, 2.45) is 0 Å². The van der Waals surface area contributed by atoms with E-state index in [1.807, 2.05) is 0 Å². The van der Waals surface area contributed by atoms with E-state index in [2.05, 4.69) is 26.9 Å². The summed E-state index contributed by atoms with van der Waals surface area (Å²) in [6, 6.07) is 12.0. The molecule has 1 amide bonds. The van der Waals surface area contributed by atoms with Gasteiger partial charge in [0, 0.05) is 13.7 Å². The molecule has 0 saturated heterocycles. The highest BCUT2D eigenvalue weighted by molar-refractivity contribution is 6.29. The van der Waals surface area contributed by atoms with Crippen LogP contribution in [0.1, 0.15) is 51.5 Å². The topological polar surface area (TPSA) is 103 Å². The molecule has 0 aliphatic rings. The van der Waals surface area contributed by atoms with Crippen molar-refractivity contribution < 1.29 is 33.0 Å². The summed E-state index contributed by atoms with van der Waals surface area (Å²) in [6.07, 6.45) is 0. The number of carboxylic acids is 1. The first-order valence-corrected chi connectivity index (χ1v) is 11.4. The maximum absolute atomic E-state index is 13.3. The van der Waals surface area contributed by atoms with E-state index in [-0.39, 0.29) is 41.1 Å². The lowest BCUT2D eigenvalue weighted by atomic mass is 10.1. The van der Waals surface area contributed by atoms with Crippen LogP contribution in [-0.4, -0.2) is 45.9 Å². The van der Waals surface area contributed by atoms with Crippen molar-refractivity contribution in [2.45, 2.75) is 39.1 Å². The van der Waals surface area contributed by atoms with E-state index in [1.165, 1.54) is 35.9 Å². The predicted molar refractivity (Wildman–Crippen MR) is 132 cm³/mol. The molecule has 2 N–H and O–H groups in total. The fourth-order valence-corrected chi connectivity index (χ4v) is 3.37. The summed E-state index contributed by atoms with van der Waals surface area (Å²) in [5, 5.41) is 11.8. The van der Waals surface area contributed by atoms with Gasteiger partial charge in [-0.2, -0.15) is 8.78 Å². The third kappa shape index (κ3) is 7.52. The van der Waals surface area contributed by atoms with Crippen molar-refractivity contribution >= 4 is 23.5 Å². The third-order valence-electron chi connectivity index (χ3n) is 5.27. The minimum atomic E-state index is -2.94. The lowest BCUT2D eigenvalue weighted by molar-refractivity contribution is -0.0498. The van der Waals surface area contributed by atoms with E-state index >= 15 is 0 Å². The number of imidazole rings is 1. The molecule has 2 aromatic carbocycles. The van der Waals surface area contributed by atoms with Crippen LogP contribution in [0.15, 0.2) is 48.5 Å². The maximum Gasteiger partial charge on any atom is 0.387 e. The van der Waals surface area contributed by atoms with Crippen LogP contribution in [0.4, 0.5) is 8.78 Å². The first kappa shape index (κ1) is 27.6. The number of amides is 1. The molecule has 0 unspecified atom stereocenters. The Bertz CT molecular complexity index is 1330. The Labute approximate surface area is 217 Å². The first-order chi connectivity index (χ1) is 17.5. The highest BCUT2D eigenvalue weighted by atomic mass is 35.5. The minimum Gasteiger partial charge on any atom is -0.478 e. The van der Waals surface area contributed by atoms with Gasteiger partial charge in [-0.1, -0.05) is 30.2 Å². The summed E-state index contributed by atoms with van der Waals surface area (Å²) >= 11 is 6.39. The van der Waals surface area contributed by atoms with Crippen molar-refractivity contribution in [2.75, 3.05) is 7.11 Å². The van der Waals surface area contributed by atoms with Gasteiger partial charge in [0.05, 0.1) is 12.1 Å². The summed E-state index contributed by atoms with van der Waals surface area (Å²) in [7, 11) is 1.50. The van der Waals surface area contributed by atoms with Gasteiger partial charge in [0.1, 0.15) is 22.7 Å². The molecule has 8 nitrogen and oxygen atoms in total. The number of benzene rings is 2. The number of halogens is 3. The van der Waals surface area contributed by atoms with E-state index in [4.69, 9.17) is 21.4 Å². The van der Waals surface area contributed by atoms with Crippen LogP contribution in [0, 0.1) is 11.8 Å². The lowest BCUT2D eigenvalue weighted by Gasteiger charge is -2.14. The molecule has 0 fully saturated rings. The molecule has 0 atom stereocenters. The number of carbonyl (C=O) groups excluding carboxylic acids is 1. The Morgan fingerprint density at radius 2 is 1.76 bits per heavy atom. The first-order valence-electron chi connectivity index (χ1n) is 11.0. The van der Waals surface area contributed by atoms with Crippen LogP contribution >= 0.6 is 11.6 Å². The Balaban J connectivity index is 1.91. The number of nitrogens with one attached hydrogen (secondary N) is 1. The predicted octanol–water partition coefficient (Wildman–Crippen LogP) is 4.59.